The highest BCUT2D eigenvalue weighted by atomic mass is 35.5. The molecular formula is C20H22ClN3O. The third-order valence-electron chi connectivity index (χ3n) is 3.89. The van der Waals surface area contributed by atoms with Crippen LogP contribution in [0.1, 0.15) is 11.1 Å². The van der Waals surface area contributed by atoms with Crippen molar-refractivity contribution in [3.05, 3.63) is 90.3 Å². The standard InChI is InChI=1S/C20H21N3O.ClH/c24-20(14-17-8-3-1-4-9-17,15-18-10-5-2-6-11-18)16-23-19-21-12-7-13-22-19;/h1-13,24H,14-16H2,(H,21,22,23);1H. The second-order valence-electron chi connectivity index (χ2n) is 5.98. The van der Waals surface area contributed by atoms with Crippen LogP contribution in [-0.4, -0.2) is 27.2 Å². The summed E-state index contributed by atoms with van der Waals surface area (Å²) in [4.78, 5) is 8.33. The van der Waals surface area contributed by atoms with Crippen LogP contribution in [0.25, 0.3) is 0 Å². The maximum Gasteiger partial charge on any atom is 0.222 e. The molecule has 5 heteroatoms. The van der Waals surface area contributed by atoms with Gasteiger partial charge in [-0.05, 0) is 17.2 Å². The number of anilines is 1. The van der Waals surface area contributed by atoms with E-state index < -0.39 is 5.60 Å². The molecule has 4 nitrogen and oxygen atoms in total. The predicted octanol–water partition coefficient (Wildman–Crippen LogP) is 3.53. The van der Waals surface area contributed by atoms with Gasteiger partial charge < -0.3 is 10.4 Å². The number of halogens is 1. The number of rotatable bonds is 7. The molecule has 0 radical (unpaired) electrons. The molecule has 0 aliphatic heterocycles. The summed E-state index contributed by atoms with van der Waals surface area (Å²) < 4.78 is 0. The fourth-order valence-corrected chi connectivity index (χ4v) is 2.77. The van der Waals surface area contributed by atoms with Crippen molar-refractivity contribution in [2.24, 2.45) is 0 Å². The maximum atomic E-state index is 11.3. The van der Waals surface area contributed by atoms with Crippen molar-refractivity contribution >= 4 is 18.4 Å². The third kappa shape index (κ3) is 5.85. The van der Waals surface area contributed by atoms with Crippen LogP contribution in [0.2, 0.25) is 0 Å². The lowest BCUT2D eigenvalue weighted by Gasteiger charge is -2.29. The van der Waals surface area contributed by atoms with E-state index in [1.165, 1.54) is 0 Å². The lowest BCUT2D eigenvalue weighted by atomic mass is 9.88. The van der Waals surface area contributed by atoms with E-state index in [0.29, 0.717) is 25.3 Å². The fourth-order valence-electron chi connectivity index (χ4n) is 2.77. The quantitative estimate of drug-likeness (QED) is 0.680. The molecule has 25 heavy (non-hydrogen) atoms. The highest BCUT2D eigenvalue weighted by Gasteiger charge is 2.28. The number of hydrogen-bond donors (Lipinski definition) is 2. The highest BCUT2D eigenvalue weighted by molar-refractivity contribution is 5.85. The Labute approximate surface area is 154 Å². The first-order valence-corrected chi connectivity index (χ1v) is 8.05. The van der Waals surface area contributed by atoms with Gasteiger partial charge in [0, 0.05) is 31.8 Å². The van der Waals surface area contributed by atoms with Crippen LogP contribution >= 0.6 is 12.4 Å². The van der Waals surface area contributed by atoms with Gasteiger partial charge in [0.2, 0.25) is 5.95 Å². The minimum Gasteiger partial charge on any atom is -0.387 e. The van der Waals surface area contributed by atoms with Gasteiger partial charge in [-0.15, -0.1) is 12.4 Å². The normalized spacial score (nSPS) is 10.8. The van der Waals surface area contributed by atoms with Crippen LogP contribution in [-0.2, 0) is 12.8 Å². The van der Waals surface area contributed by atoms with E-state index in [-0.39, 0.29) is 12.4 Å². The summed E-state index contributed by atoms with van der Waals surface area (Å²) in [5.74, 6) is 0.525. The average Bonchev–Trinajstić information content (AvgIpc) is 2.63. The summed E-state index contributed by atoms with van der Waals surface area (Å²) in [5, 5.41) is 14.4. The fraction of sp³-hybridized carbons (Fsp3) is 0.200. The molecule has 3 aromatic rings. The number of aromatic nitrogens is 2. The molecule has 0 saturated carbocycles. The van der Waals surface area contributed by atoms with Crippen LogP contribution < -0.4 is 5.32 Å². The first-order chi connectivity index (χ1) is 11.7. The van der Waals surface area contributed by atoms with Gasteiger partial charge in [0.1, 0.15) is 0 Å². The van der Waals surface area contributed by atoms with E-state index in [0.717, 1.165) is 11.1 Å². The number of benzene rings is 2. The van der Waals surface area contributed by atoms with Crippen molar-refractivity contribution in [1.82, 2.24) is 9.97 Å². The van der Waals surface area contributed by atoms with Crippen LogP contribution in [0.15, 0.2) is 79.1 Å². The molecule has 1 aromatic heterocycles. The maximum absolute atomic E-state index is 11.3. The molecular weight excluding hydrogens is 334 g/mol. The van der Waals surface area contributed by atoms with Crippen molar-refractivity contribution in [3.8, 4) is 0 Å². The van der Waals surface area contributed by atoms with E-state index in [9.17, 15) is 5.11 Å². The summed E-state index contributed by atoms with van der Waals surface area (Å²) in [6.45, 7) is 0.376. The molecule has 130 valence electrons. The minimum atomic E-state index is -0.929. The Morgan fingerprint density at radius 3 is 1.72 bits per heavy atom. The van der Waals surface area contributed by atoms with Gasteiger partial charge in [-0.1, -0.05) is 60.7 Å². The second-order valence-corrected chi connectivity index (χ2v) is 5.98. The summed E-state index contributed by atoms with van der Waals surface area (Å²) >= 11 is 0. The van der Waals surface area contributed by atoms with Crippen molar-refractivity contribution in [3.63, 3.8) is 0 Å². The molecule has 1 heterocycles. The summed E-state index contributed by atoms with van der Waals surface area (Å²) in [7, 11) is 0. The molecule has 0 bridgehead atoms. The van der Waals surface area contributed by atoms with Gasteiger partial charge in [0.05, 0.1) is 5.60 Å². The van der Waals surface area contributed by atoms with Crippen LogP contribution in [0.3, 0.4) is 0 Å². The average molecular weight is 356 g/mol. The first kappa shape index (κ1) is 18.9. The van der Waals surface area contributed by atoms with Gasteiger partial charge in [-0.2, -0.15) is 0 Å². The van der Waals surface area contributed by atoms with Gasteiger partial charge in [0.25, 0.3) is 0 Å². The Bertz CT molecular complexity index is 697. The van der Waals surface area contributed by atoms with Crippen LogP contribution in [0.4, 0.5) is 5.95 Å². The molecule has 2 aromatic carbocycles. The summed E-state index contributed by atoms with van der Waals surface area (Å²) in [6.07, 6.45) is 4.48. The SMILES string of the molecule is Cl.OC(CNc1ncccn1)(Cc1ccccc1)Cc1ccccc1. The van der Waals surface area contributed by atoms with E-state index in [1.54, 1.807) is 18.5 Å². The van der Waals surface area contributed by atoms with Gasteiger partial charge in [-0.3, -0.25) is 0 Å². The molecule has 3 rings (SSSR count). The Morgan fingerprint density at radius 1 is 0.760 bits per heavy atom. The Kier molecular flexibility index (Phi) is 6.92. The zero-order valence-electron chi connectivity index (χ0n) is 13.9. The molecule has 0 aliphatic rings. The topological polar surface area (TPSA) is 58.0 Å². The minimum absolute atomic E-state index is 0. The smallest absolute Gasteiger partial charge is 0.222 e. The van der Waals surface area contributed by atoms with Crippen molar-refractivity contribution in [2.45, 2.75) is 18.4 Å². The van der Waals surface area contributed by atoms with Crippen molar-refractivity contribution in [2.75, 3.05) is 11.9 Å². The lowest BCUT2D eigenvalue weighted by molar-refractivity contribution is 0.0541. The lowest BCUT2D eigenvalue weighted by Crippen LogP contribution is -2.41. The van der Waals surface area contributed by atoms with E-state index in [1.807, 2.05) is 60.7 Å². The number of nitrogens with one attached hydrogen (secondary N) is 1. The molecule has 0 spiro atoms. The molecule has 0 saturated heterocycles. The second kappa shape index (κ2) is 9.16. The van der Waals surface area contributed by atoms with Gasteiger partial charge in [-0.25, -0.2) is 9.97 Å². The van der Waals surface area contributed by atoms with E-state index >= 15 is 0 Å². The van der Waals surface area contributed by atoms with Gasteiger partial charge in [0.15, 0.2) is 0 Å². The highest BCUT2D eigenvalue weighted by Crippen LogP contribution is 2.20. The zero-order valence-corrected chi connectivity index (χ0v) is 14.7. The molecule has 0 fully saturated rings. The van der Waals surface area contributed by atoms with Crippen molar-refractivity contribution < 1.29 is 5.11 Å². The molecule has 0 unspecified atom stereocenters. The van der Waals surface area contributed by atoms with Crippen LogP contribution in [0.5, 0.6) is 0 Å². The predicted molar refractivity (Wildman–Crippen MR) is 103 cm³/mol. The largest absolute Gasteiger partial charge is 0.387 e. The molecule has 0 aliphatic carbocycles. The van der Waals surface area contributed by atoms with E-state index in [4.69, 9.17) is 0 Å². The number of aliphatic hydroxyl groups is 1. The van der Waals surface area contributed by atoms with Crippen LogP contribution in [0, 0.1) is 0 Å². The Morgan fingerprint density at radius 2 is 1.24 bits per heavy atom. The van der Waals surface area contributed by atoms with Crippen molar-refractivity contribution in [1.29, 1.82) is 0 Å². The third-order valence-corrected chi connectivity index (χ3v) is 3.89. The molecule has 2 N–H and O–H groups in total. The monoisotopic (exact) mass is 355 g/mol. The number of hydrogen-bond acceptors (Lipinski definition) is 4. The number of nitrogens with zero attached hydrogens (tertiary/aromatic N) is 2. The molecule has 0 atom stereocenters. The summed E-state index contributed by atoms with van der Waals surface area (Å²) in [6, 6.07) is 21.8. The Hall–Kier alpha value is -2.43. The summed E-state index contributed by atoms with van der Waals surface area (Å²) in [5.41, 5.74) is 1.28. The van der Waals surface area contributed by atoms with E-state index in [2.05, 4.69) is 15.3 Å². The van der Waals surface area contributed by atoms with Gasteiger partial charge >= 0.3 is 0 Å². The Balaban J connectivity index is 0.00000225. The first-order valence-electron chi connectivity index (χ1n) is 8.05. The zero-order chi connectivity index (χ0) is 16.7. The molecule has 0 amide bonds.